The summed E-state index contributed by atoms with van der Waals surface area (Å²) in [5.41, 5.74) is 1.63. The predicted molar refractivity (Wildman–Crippen MR) is 82.0 cm³/mol. The minimum Gasteiger partial charge on any atom is -0.462 e. The van der Waals surface area contributed by atoms with Gasteiger partial charge in [-0.1, -0.05) is 25.8 Å². The molecule has 1 N–H and O–H groups in total. The number of hydrogen-bond donors (Lipinski definition) is 1. The summed E-state index contributed by atoms with van der Waals surface area (Å²) >= 11 is 0. The lowest BCUT2D eigenvalue weighted by Gasteiger charge is -2.27. The van der Waals surface area contributed by atoms with Crippen LogP contribution in [0.2, 0.25) is 0 Å². The Morgan fingerprint density at radius 2 is 2.25 bits per heavy atom. The van der Waals surface area contributed by atoms with E-state index in [-0.39, 0.29) is 5.97 Å². The van der Waals surface area contributed by atoms with Crippen molar-refractivity contribution < 1.29 is 9.53 Å². The summed E-state index contributed by atoms with van der Waals surface area (Å²) in [5.74, 6) is 1.36. The van der Waals surface area contributed by atoms with Crippen molar-refractivity contribution in [2.24, 2.45) is 11.8 Å². The maximum absolute atomic E-state index is 11.7. The molecule has 0 radical (unpaired) electrons. The van der Waals surface area contributed by atoms with Gasteiger partial charge in [0.1, 0.15) is 0 Å². The number of carbonyl (C=O) groups excluding carboxylic acids is 1. The minimum atomic E-state index is -0.248. The molecule has 20 heavy (non-hydrogen) atoms. The first kappa shape index (κ1) is 14.9. The summed E-state index contributed by atoms with van der Waals surface area (Å²) in [5, 5.41) is 3.46. The average Bonchev–Trinajstić information content (AvgIpc) is 2.46. The number of esters is 1. The zero-order valence-corrected chi connectivity index (χ0v) is 12.5. The van der Waals surface area contributed by atoms with Gasteiger partial charge in [-0.05, 0) is 49.8 Å². The van der Waals surface area contributed by atoms with E-state index in [4.69, 9.17) is 4.74 Å². The smallest absolute Gasteiger partial charge is 0.338 e. The SMILES string of the molecule is CCOC(=O)c1cccc(NCC2CCCC(C)C2)c1. The number of carbonyl (C=O) groups is 1. The molecule has 2 rings (SSSR count). The van der Waals surface area contributed by atoms with E-state index in [1.165, 1.54) is 25.7 Å². The fourth-order valence-electron chi connectivity index (χ4n) is 2.98. The van der Waals surface area contributed by atoms with E-state index in [9.17, 15) is 4.79 Å². The topological polar surface area (TPSA) is 38.3 Å². The molecule has 1 aromatic rings. The molecular weight excluding hydrogens is 250 g/mol. The highest BCUT2D eigenvalue weighted by atomic mass is 16.5. The van der Waals surface area contributed by atoms with Crippen LogP contribution in [0.5, 0.6) is 0 Å². The third-order valence-corrected chi connectivity index (χ3v) is 4.01. The van der Waals surface area contributed by atoms with Gasteiger partial charge in [0.2, 0.25) is 0 Å². The average molecular weight is 275 g/mol. The lowest BCUT2D eigenvalue weighted by molar-refractivity contribution is 0.0526. The van der Waals surface area contributed by atoms with Crippen molar-refractivity contribution >= 4 is 11.7 Å². The van der Waals surface area contributed by atoms with Crippen LogP contribution in [0.3, 0.4) is 0 Å². The zero-order valence-electron chi connectivity index (χ0n) is 12.5. The molecule has 2 atom stereocenters. The number of ether oxygens (including phenoxy) is 1. The van der Waals surface area contributed by atoms with Gasteiger partial charge in [0, 0.05) is 12.2 Å². The molecule has 0 spiro atoms. The van der Waals surface area contributed by atoms with Gasteiger partial charge in [0.05, 0.1) is 12.2 Å². The second-order valence-electron chi connectivity index (χ2n) is 5.82. The highest BCUT2D eigenvalue weighted by molar-refractivity contribution is 5.90. The summed E-state index contributed by atoms with van der Waals surface area (Å²) in [6, 6.07) is 7.59. The van der Waals surface area contributed by atoms with Crippen molar-refractivity contribution in [1.29, 1.82) is 0 Å². The van der Waals surface area contributed by atoms with Crippen LogP contribution in [0.25, 0.3) is 0 Å². The lowest BCUT2D eigenvalue weighted by Crippen LogP contribution is -2.21. The molecule has 0 heterocycles. The van der Waals surface area contributed by atoms with Crippen LogP contribution in [0, 0.1) is 11.8 Å². The van der Waals surface area contributed by atoms with E-state index >= 15 is 0 Å². The van der Waals surface area contributed by atoms with Crippen molar-refractivity contribution in [1.82, 2.24) is 0 Å². The summed E-state index contributed by atoms with van der Waals surface area (Å²) < 4.78 is 5.02. The Hall–Kier alpha value is -1.51. The van der Waals surface area contributed by atoms with Crippen LogP contribution in [0.1, 0.15) is 49.9 Å². The van der Waals surface area contributed by atoms with E-state index in [1.807, 2.05) is 25.1 Å². The molecule has 3 nitrogen and oxygen atoms in total. The molecule has 0 saturated heterocycles. The normalized spacial score (nSPS) is 22.3. The molecule has 0 aliphatic heterocycles. The van der Waals surface area contributed by atoms with E-state index in [0.717, 1.165) is 24.1 Å². The van der Waals surface area contributed by atoms with E-state index in [0.29, 0.717) is 12.2 Å². The van der Waals surface area contributed by atoms with Gasteiger partial charge in [-0.2, -0.15) is 0 Å². The highest BCUT2D eigenvalue weighted by Crippen LogP contribution is 2.28. The molecule has 2 unspecified atom stereocenters. The van der Waals surface area contributed by atoms with Crippen molar-refractivity contribution in [2.45, 2.75) is 39.5 Å². The second kappa shape index (κ2) is 7.32. The monoisotopic (exact) mass is 275 g/mol. The molecule has 1 saturated carbocycles. The summed E-state index contributed by atoms with van der Waals surface area (Å²) in [6.07, 6.45) is 5.34. The van der Waals surface area contributed by atoms with Crippen LogP contribution in [0.15, 0.2) is 24.3 Å². The molecule has 1 aliphatic carbocycles. The van der Waals surface area contributed by atoms with Gasteiger partial charge >= 0.3 is 5.97 Å². The predicted octanol–water partition coefficient (Wildman–Crippen LogP) is 4.10. The number of nitrogens with one attached hydrogen (secondary N) is 1. The molecule has 1 aliphatic rings. The van der Waals surface area contributed by atoms with Crippen molar-refractivity contribution in [3.8, 4) is 0 Å². The first-order valence-electron chi connectivity index (χ1n) is 7.70. The van der Waals surface area contributed by atoms with Crippen molar-refractivity contribution in [3.63, 3.8) is 0 Å². The summed E-state index contributed by atoms with van der Waals surface area (Å²) in [7, 11) is 0. The maximum atomic E-state index is 11.7. The number of rotatable bonds is 5. The van der Waals surface area contributed by atoms with E-state index in [2.05, 4.69) is 12.2 Å². The lowest BCUT2D eigenvalue weighted by atomic mass is 9.82. The molecule has 0 amide bonds. The summed E-state index contributed by atoms with van der Waals surface area (Å²) in [4.78, 5) is 11.7. The van der Waals surface area contributed by atoms with Gasteiger partial charge in [0.15, 0.2) is 0 Å². The number of anilines is 1. The molecule has 1 fully saturated rings. The molecule has 110 valence electrons. The Bertz CT molecular complexity index is 444. The van der Waals surface area contributed by atoms with Crippen LogP contribution in [0.4, 0.5) is 5.69 Å². The first-order chi connectivity index (χ1) is 9.69. The van der Waals surface area contributed by atoms with Crippen LogP contribution in [-0.2, 0) is 4.74 Å². The Kier molecular flexibility index (Phi) is 5.45. The van der Waals surface area contributed by atoms with Crippen molar-refractivity contribution in [3.05, 3.63) is 29.8 Å². The Balaban J connectivity index is 1.89. The van der Waals surface area contributed by atoms with E-state index < -0.39 is 0 Å². The molecular formula is C17H25NO2. The van der Waals surface area contributed by atoms with Crippen molar-refractivity contribution in [2.75, 3.05) is 18.5 Å². The Morgan fingerprint density at radius 3 is 3.00 bits per heavy atom. The van der Waals surface area contributed by atoms with Gasteiger partial charge in [-0.3, -0.25) is 0 Å². The molecule has 0 bridgehead atoms. The fraction of sp³-hybridized carbons (Fsp3) is 0.588. The van der Waals surface area contributed by atoms with Crippen LogP contribution in [-0.4, -0.2) is 19.1 Å². The van der Waals surface area contributed by atoms with E-state index in [1.54, 1.807) is 6.07 Å². The zero-order chi connectivity index (χ0) is 14.4. The Morgan fingerprint density at radius 1 is 1.40 bits per heavy atom. The van der Waals surface area contributed by atoms with Gasteiger partial charge < -0.3 is 10.1 Å². The number of hydrogen-bond acceptors (Lipinski definition) is 3. The van der Waals surface area contributed by atoms with Gasteiger partial charge in [-0.25, -0.2) is 4.79 Å². The highest BCUT2D eigenvalue weighted by Gasteiger charge is 2.18. The third-order valence-electron chi connectivity index (χ3n) is 4.01. The minimum absolute atomic E-state index is 0.248. The quantitative estimate of drug-likeness (QED) is 0.822. The largest absolute Gasteiger partial charge is 0.462 e. The van der Waals surface area contributed by atoms with Gasteiger partial charge in [0.25, 0.3) is 0 Å². The number of benzene rings is 1. The third kappa shape index (κ3) is 4.26. The van der Waals surface area contributed by atoms with Gasteiger partial charge in [-0.15, -0.1) is 0 Å². The fourth-order valence-corrected chi connectivity index (χ4v) is 2.98. The summed E-state index contributed by atoms with van der Waals surface area (Å²) in [6.45, 7) is 5.57. The molecule has 3 heteroatoms. The van der Waals surface area contributed by atoms with Crippen LogP contribution >= 0.6 is 0 Å². The Labute approximate surface area is 121 Å². The first-order valence-corrected chi connectivity index (χ1v) is 7.70. The molecule has 1 aromatic carbocycles. The standard InChI is InChI=1S/C17H25NO2/c1-3-20-17(19)15-8-5-9-16(11-15)18-12-14-7-4-6-13(2)10-14/h5,8-9,11,13-14,18H,3-4,6-7,10,12H2,1-2H3. The maximum Gasteiger partial charge on any atom is 0.338 e. The van der Waals surface area contributed by atoms with Crippen LogP contribution < -0.4 is 5.32 Å². The second-order valence-corrected chi connectivity index (χ2v) is 5.82. The molecule has 0 aromatic heterocycles.